The van der Waals surface area contributed by atoms with Crippen molar-refractivity contribution in [1.29, 1.82) is 0 Å². The summed E-state index contributed by atoms with van der Waals surface area (Å²) >= 11 is 0. The van der Waals surface area contributed by atoms with Gasteiger partial charge in [-0.05, 0) is 56.0 Å². The standard InChI is InChI=1S/C27H27F2N3O6/c1-16(33)32-10-9-31(19-5-8-22(38-26(28)29)23(12-19)36-14-17-3-4-17)15-27(32,2)25(35)37-20-6-7-21-18(11-20)13-30-24(21)34/h5-8,11-13,17,26H,3-4,9-10,14-15H2,1-2H3. The number of esters is 1. The molecular formula is C27H27F2N3O6. The van der Waals surface area contributed by atoms with E-state index in [2.05, 4.69) is 9.73 Å². The molecule has 11 heteroatoms. The van der Waals surface area contributed by atoms with Crippen LogP contribution in [0.15, 0.2) is 41.4 Å². The normalized spacial score (nSPS) is 20.5. The van der Waals surface area contributed by atoms with E-state index in [0.717, 1.165) is 12.8 Å². The summed E-state index contributed by atoms with van der Waals surface area (Å²) in [5, 5.41) is 0. The number of fused-ring (bicyclic) bond motifs is 1. The Hall–Kier alpha value is -4.02. The van der Waals surface area contributed by atoms with Gasteiger partial charge in [-0.1, -0.05) is 0 Å². The molecule has 2 fully saturated rings. The zero-order valence-electron chi connectivity index (χ0n) is 21.0. The Morgan fingerprint density at radius 1 is 1.13 bits per heavy atom. The Balaban J connectivity index is 1.38. The molecule has 3 aliphatic rings. The first-order chi connectivity index (χ1) is 18.1. The highest BCUT2D eigenvalue weighted by atomic mass is 19.3. The SMILES string of the molecule is CC(=O)N1CCN(c2ccc(OC(F)F)c(OCC3CC3)c2)CC1(C)C(=O)Oc1ccc2c(c1)C=NC2=O. The van der Waals surface area contributed by atoms with Crippen LogP contribution in [0, 0.1) is 5.92 Å². The zero-order chi connectivity index (χ0) is 27.0. The third kappa shape index (κ3) is 5.18. The third-order valence-corrected chi connectivity index (χ3v) is 6.97. The van der Waals surface area contributed by atoms with E-state index in [1.54, 1.807) is 25.1 Å². The van der Waals surface area contributed by atoms with Gasteiger partial charge < -0.3 is 24.0 Å². The molecule has 1 atom stereocenters. The highest BCUT2D eigenvalue weighted by Crippen LogP contribution is 2.37. The number of piperazine rings is 1. The van der Waals surface area contributed by atoms with Crippen LogP contribution in [0.3, 0.4) is 0 Å². The zero-order valence-corrected chi connectivity index (χ0v) is 21.0. The fourth-order valence-corrected chi connectivity index (χ4v) is 4.72. The summed E-state index contributed by atoms with van der Waals surface area (Å²) in [7, 11) is 0. The first kappa shape index (κ1) is 25.6. The van der Waals surface area contributed by atoms with Crippen LogP contribution in [0.4, 0.5) is 14.5 Å². The predicted octanol–water partition coefficient (Wildman–Crippen LogP) is 3.68. The average molecular weight is 528 g/mol. The van der Waals surface area contributed by atoms with E-state index in [9.17, 15) is 23.2 Å². The fourth-order valence-electron chi connectivity index (χ4n) is 4.72. The van der Waals surface area contributed by atoms with E-state index in [-0.39, 0.29) is 42.2 Å². The van der Waals surface area contributed by atoms with Crippen LogP contribution in [0.25, 0.3) is 0 Å². The number of ether oxygens (including phenoxy) is 3. The number of nitrogens with zero attached hydrogens (tertiary/aromatic N) is 3. The summed E-state index contributed by atoms with van der Waals surface area (Å²) < 4.78 is 42.0. The second-order valence-electron chi connectivity index (χ2n) is 9.83. The van der Waals surface area contributed by atoms with Crippen molar-refractivity contribution in [3.8, 4) is 17.2 Å². The van der Waals surface area contributed by atoms with E-state index in [0.29, 0.717) is 35.9 Å². The highest BCUT2D eigenvalue weighted by Gasteiger charge is 2.47. The van der Waals surface area contributed by atoms with Crippen LogP contribution in [0.1, 0.15) is 42.6 Å². The quantitative estimate of drug-likeness (QED) is 0.382. The van der Waals surface area contributed by atoms with Crippen molar-refractivity contribution >= 4 is 29.7 Å². The van der Waals surface area contributed by atoms with Gasteiger partial charge in [0, 0.05) is 43.5 Å². The van der Waals surface area contributed by atoms with Crippen molar-refractivity contribution in [2.45, 2.75) is 38.8 Å². The molecule has 200 valence electrons. The van der Waals surface area contributed by atoms with Crippen LogP contribution >= 0.6 is 0 Å². The van der Waals surface area contributed by atoms with Gasteiger partial charge in [-0.25, -0.2) is 9.79 Å². The second kappa shape index (κ2) is 10.0. The summed E-state index contributed by atoms with van der Waals surface area (Å²) in [6.07, 6.45) is 3.47. The van der Waals surface area contributed by atoms with Crippen molar-refractivity contribution in [2.24, 2.45) is 10.9 Å². The molecule has 5 rings (SSSR count). The maximum absolute atomic E-state index is 13.5. The molecule has 38 heavy (non-hydrogen) atoms. The summed E-state index contributed by atoms with van der Waals surface area (Å²) in [4.78, 5) is 44.8. The maximum atomic E-state index is 13.5. The number of amides is 2. The summed E-state index contributed by atoms with van der Waals surface area (Å²) in [6, 6.07) is 9.26. The number of hydrogen-bond acceptors (Lipinski definition) is 7. The molecule has 2 aromatic carbocycles. The summed E-state index contributed by atoms with van der Waals surface area (Å²) in [6.45, 7) is 1.15. The number of halogens is 2. The van der Waals surface area contributed by atoms with Crippen molar-refractivity contribution in [2.75, 3.05) is 31.1 Å². The number of alkyl halides is 2. The topological polar surface area (TPSA) is 97.7 Å². The van der Waals surface area contributed by atoms with Crippen LogP contribution in [-0.4, -0.2) is 67.3 Å². The average Bonchev–Trinajstić information content (AvgIpc) is 3.64. The number of carbonyl (C=O) groups excluding carboxylic acids is 3. The lowest BCUT2D eigenvalue weighted by atomic mass is 9.95. The molecule has 1 unspecified atom stereocenters. The Morgan fingerprint density at radius 2 is 1.92 bits per heavy atom. The van der Waals surface area contributed by atoms with Gasteiger partial charge >= 0.3 is 12.6 Å². The Morgan fingerprint density at radius 3 is 2.63 bits per heavy atom. The number of carbonyl (C=O) groups is 3. The lowest BCUT2D eigenvalue weighted by Gasteiger charge is -2.47. The number of aliphatic imine (C=N–C) groups is 1. The van der Waals surface area contributed by atoms with Crippen molar-refractivity contribution in [3.63, 3.8) is 0 Å². The number of hydrogen-bond donors (Lipinski definition) is 0. The molecule has 0 bridgehead atoms. The van der Waals surface area contributed by atoms with Gasteiger partial charge in [-0.15, -0.1) is 0 Å². The molecule has 2 amide bonds. The maximum Gasteiger partial charge on any atom is 0.387 e. The molecule has 0 spiro atoms. The van der Waals surface area contributed by atoms with Crippen molar-refractivity contribution < 1.29 is 37.4 Å². The molecule has 0 radical (unpaired) electrons. The first-order valence-electron chi connectivity index (χ1n) is 12.3. The number of anilines is 1. The van der Waals surface area contributed by atoms with Crippen LogP contribution < -0.4 is 19.1 Å². The Bertz CT molecular complexity index is 1310. The minimum Gasteiger partial charge on any atom is -0.489 e. The van der Waals surface area contributed by atoms with E-state index >= 15 is 0 Å². The smallest absolute Gasteiger partial charge is 0.387 e. The fraction of sp³-hybridized carbons (Fsp3) is 0.407. The molecule has 2 heterocycles. The second-order valence-corrected chi connectivity index (χ2v) is 9.83. The molecule has 1 aliphatic carbocycles. The molecule has 1 saturated heterocycles. The van der Waals surface area contributed by atoms with Gasteiger partial charge in [0.2, 0.25) is 5.91 Å². The van der Waals surface area contributed by atoms with E-state index in [1.165, 1.54) is 36.2 Å². The minimum atomic E-state index is -3.00. The van der Waals surface area contributed by atoms with Gasteiger partial charge in [0.25, 0.3) is 5.91 Å². The number of rotatable bonds is 8. The first-order valence-corrected chi connectivity index (χ1v) is 12.3. The van der Waals surface area contributed by atoms with E-state index in [1.807, 2.05) is 4.90 Å². The minimum absolute atomic E-state index is 0.0624. The van der Waals surface area contributed by atoms with E-state index < -0.39 is 18.1 Å². The molecule has 2 aromatic rings. The molecule has 0 N–H and O–H groups in total. The molecule has 0 aromatic heterocycles. The monoisotopic (exact) mass is 527 g/mol. The highest BCUT2D eigenvalue weighted by molar-refractivity contribution is 6.13. The lowest BCUT2D eigenvalue weighted by Crippen LogP contribution is -2.67. The summed E-state index contributed by atoms with van der Waals surface area (Å²) in [5.74, 6) is -0.540. The Labute approximate surface area is 218 Å². The third-order valence-electron chi connectivity index (χ3n) is 6.97. The molecule has 9 nitrogen and oxygen atoms in total. The Kier molecular flexibility index (Phi) is 6.77. The van der Waals surface area contributed by atoms with Gasteiger partial charge in [-0.3, -0.25) is 9.59 Å². The van der Waals surface area contributed by atoms with Crippen molar-refractivity contribution in [3.05, 3.63) is 47.5 Å². The van der Waals surface area contributed by atoms with Crippen molar-refractivity contribution in [1.82, 2.24) is 4.90 Å². The van der Waals surface area contributed by atoms with Gasteiger partial charge in [-0.2, -0.15) is 8.78 Å². The van der Waals surface area contributed by atoms with Crippen LogP contribution in [-0.2, 0) is 9.59 Å². The van der Waals surface area contributed by atoms with Gasteiger partial charge in [0.05, 0.1) is 18.7 Å². The number of benzene rings is 2. The molecular weight excluding hydrogens is 500 g/mol. The van der Waals surface area contributed by atoms with Gasteiger partial charge in [0.15, 0.2) is 17.0 Å². The van der Waals surface area contributed by atoms with Crippen LogP contribution in [0.5, 0.6) is 17.2 Å². The van der Waals surface area contributed by atoms with Crippen LogP contribution in [0.2, 0.25) is 0 Å². The lowest BCUT2D eigenvalue weighted by molar-refractivity contribution is -0.155. The van der Waals surface area contributed by atoms with Gasteiger partial charge in [0.1, 0.15) is 5.75 Å². The largest absolute Gasteiger partial charge is 0.489 e. The molecule has 1 saturated carbocycles. The molecule has 2 aliphatic heterocycles. The summed E-state index contributed by atoms with van der Waals surface area (Å²) in [5.41, 5.74) is 0.236. The van der Waals surface area contributed by atoms with E-state index in [4.69, 9.17) is 9.47 Å². The predicted molar refractivity (Wildman–Crippen MR) is 133 cm³/mol.